The molecule has 12 heteroatoms. The molecule has 3 aromatic heterocycles. The first-order valence-corrected chi connectivity index (χ1v) is 14.3. The number of fused-ring (bicyclic) bond motifs is 1. The number of hydrogen-bond acceptors (Lipinski definition) is 8. The smallest absolute Gasteiger partial charge is 0.409 e. The molecule has 0 spiro atoms. The number of nitrogens with one attached hydrogen (secondary N) is 1. The number of carbonyl (C=O) groups excluding carboxylic acids is 1. The largest absolute Gasteiger partial charge is 0.453 e. The van der Waals surface area contributed by atoms with Crippen LogP contribution in [-0.2, 0) is 16.1 Å². The van der Waals surface area contributed by atoms with Gasteiger partial charge in [0.05, 0.1) is 60.7 Å². The zero-order chi connectivity index (χ0) is 30.8. The first-order valence-electron chi connectivity index (χ1n) is 14.3. The summed E-state index contributed by atoms with van der Waals surface area (Å²) in [6.45, 7) is 5.91. The zero-order valence-electron chi connectivity index (χ0n) is 24.9. The molecule has 5 rings (SSSR count). The van der Waals surface area contributed by atoms with Crippen molar-refractivity contribution in [1.82, 2.24) is 24.5 Å². The molecule has 1 saturated carbocycles. The lowest BCUT2D eigenvalue weighted by atomic mass is 9.73. The van der Waals surface area contributed by atoms with Crippen LogP contribution in [0.25, 0.3) is 16.8 Å². The van der Waals surface area contributed by atoms with Crippen molar-refractivity contribution in [2.45, 2.75) is 64.3 Å². The molecule has 4 atom stereocenters. The van der Waals surface area contributed by atoms with Gasteiger partial charge < -0.3 is 25.4 Å². The third-order valence-corrected chi connectivity index (χ3v) is 8.01. The van der Waals surface area contributed by atoms with Crippen LogP contribution in [0.1, 0.15) is 50.7 Å². The Morgan fingerprint density at radius 1 is 1.19 bits per heavy atom. The molecule has 0 saturated heterocycles. The molecule has 43 heavy (non-hydrogen) atoms. The average Bonchev–Trinajstić information content (AvgIpc) is 3.37. The Morgan fingerprint density at radius 3 is 2.60 bits per heavy atom. The third kappa shape index (κ3) is 6.30. The van der Waals surface area contributed by atoms with Crippen LogP contribution in [-0.4, -0.2) is 62.9 Å². The second kappa shape index (κ2) is 12.6. The summed E-state index contributed by atoms with van der Waals surface area (Å²) in [5.74, 6) is -0.878. The molecule has 10 nitrogen and oxygen atoms in total. The minimum absolute atomic E-state index is 0.0641. The highest BCUT2D eigenvalue weighted by Crippen LogP contribution is 2.40. The van der Waals surface area contributed by atoms with Gasteiger partial charge in [-0.25, -0.2) is 18.6 Å². The maximum Gasteiger partial charge on any atom is 0.409 e. The Labute approximate surface area is 249 Å². The predicted molar refractivity (Wildman–Crippen MR) is 159 cm³/mol. The number of carbonyl (C=O) groups is 1. The van der Waals surface area contributed by atoms with Crippen molar-refractivity contribution in [3.8, 4) is 11.3 Å². The van der Waals surface area contributed by atoms with Crippen molar-refractivity contribution in [3.05, 3.63) is 71.7 Å². The molecule has 1 aliphatic rings. The van der Waals surface area contributed by atoms with Crippen molar-refractivity contribution in [2.24, 2.45) is 11.7 Å². The Hall–Kier alpha value is -4.16. The molecular formula is C31H37F2N7O3. The van der Waals surface area contributed by atoms with Gasteiger partial charge in [-0.15, -0.1) is 0 Å². The van der Waals surface area contributed by atoms with Crippen LogP contribution >= 0.6 is 0 Å². The summed E-state index contributed by atoms with van der Waals surface area (Å²) in [5.41, 5.74) is 9.27. The number of hydrogen-bond donors (Lipinski definition) is 2. The number of nitrogens with zero attached hydrogens (tertiary/aromatic N) is 5. The van der Waals surface area contributed by atoms with Gasteiger partial charge in [0.15, 0.2) is 0 Å². The number of rotatable bonds is 8. The molecule has 1 amide bonds. The van der Waals surface area contributed by atoms with E-state index in [1.54, 1.807) is 42.7 Å². The first kappa shape index (κ1) is 30.3. The molecular weight excluding hydrogens is 556 g/mol. The fraction of sp³-hybridized carbons (Fsp3) is 0.419. The van der Waals surface area contributed by atoms with E-state index >= 15 is 8.78 Å². The second-order valence-corrected chi connectivity index (χ2v) is 11.4. The number of nitrogens with two attached hydrogens (primary N) is 1. The topological polar surface area (TPSA) is 120 Å². The molecule has 4 aromatic rings. The summed E-state index contributed by atoms with van der Waals surface area (Å²) >= 11 is 0. The lowest BCUT2D eigenvalue weighted by molar-refractivity contribution is 0.0654. The Kier molecular flexibility index (Phi) is 8.88. The molecule has 1 aliphatic carbocycles. The van der Waals surface area contributed by atoms with E-state index < -0.39 is 17.7 Å². The van der Waals surface area contributed by atoms with Crippen LogP contribution < -0.4 is 11.1 Å². The van der Waals surface area contributed by atoms with Gasteiger partial charge in [-0.2, -0.15) is 9.61 Å². The van der Waals surface area contributed by atoms with Crippen LogP contribution in [0.15, 0.2) is 48.9 Å². The van der Waals surface area contributed by atoms with E-state index in [0.29, 0.717) is 23.4 Å². The maximum atomic E-state index is 15.1. The number of methoxy groups -OCH3 is 1. The number of amides is 1. The van der Waals surface area contributed by atoms with E-state index in [-0.39, 0.29) is 47.9 Å². The van der Waals surface area contributed by atoms with E-state index in [2.05, 4.69) is 27.3 Å². The number of ether oxygens (including phenoxy) is 2. The molecule has 3 heterocycles. The number of anilines is 2. The van der Waals surface area contributed by atoms with Gasteiger partial charge in [0.1, 0.15) is 11.6 Å². The summed E-state index contributed by atoms with van der Waals surface area (Å²) in [7, 11) is 3.07. The van der Waals surface area contributed by atoms with Gasteiger partial charge in [0.2, 0.25) is 5.95 Å². The van der Waals surface area contributed by atoms with Crippen LogP contribution in [0, 0.1) is 17.6 Å². The average molecular weight is 594 g/mol. The van der Waals surface area contributed by atoms with Gasteiger partial charge in [0, 0.05) is 19.3 Å². The Morgan fingerprint density at radius 2 is 1.93 bits per heavy atom. The molecule has 0 bridgehead atoms. The minimum atomic E-state index is -0.725. The fourth-order valence-electron chi connectivity index (χ4n) is 6.07. The van der Waals surface area contributed by atoms with Crippen LogP contribution in [0.2, 0.25) is 0 Å². The van der Waals surface area contributed by atoms with E-state index in [9.17, 15) is 4.79 Å². The zero-order valence-corrected chi connectivity index (χ0v) is 24.9. The summed E-state index contributed by atoms with van der Waals surface area (Å²) in [4.78, 5) is 22.5. The Balaban J connectivity index is 1.41. The summed E-state index contributed by atoms with van der Waals surface area (Å²) in [6.07, 6.45) is 6.03. The van der Waals surface area contributed by atoms with Gasteiger partial charge in [-0.1, -0.05) is 6.92 Å². The quantitative estimate of drug-likeness (QED) is 0.269. The highest BCUT2D eigenvalue weighted by Gasteiger charge is 2.39. The van der Waals surface area contributed by atoms with E-state index in [1.807, 2.05) is 19.9 Å². The monoisotopic (exact) mass is 593 g/mol. The highest BCUT2D eigenvalue weighted by molar-refractivity contribution is 5.68. The van der Waals surface area contributed by atoms with Gasteiger partial charge >= 0.3 is 6.09 Å². The van der Waals surface area contributed by atoms with Crippen LogP contribution in [0.3, 0.4) is 0 Å². The van der Waals surface area contributed by atoms with Crippen molar-refractivity contribution >= 4 is 23.2 Å². The summed E-state index contributed by atoms with van der Waals surface area (Å²) < 4.78 is 42.2. The number of likely N-dealkylation sites (N-methyl/N-ethyl adjacent to an activating group) is 1. The predicted octanol–water partition coefficient (Wildman–Crippen LogP) is 5.65. The molecule has 0 radical (unpaired) electrons. The van der Waals surface area contributed by atoms with Gasteiger partial charge in [0.25, 0.3) is 0 Å². The third-order valence-electron chi connectivity index (χ3n) is 8.01. The SMILES string of the molecule is COC(=O)N(C)[C@@H]1[C@H](N)C[C@H](c2ccncc2Nc2ncc3ccc(-c4c(F)cc(COC(C)C)cc4F)nn23)C[C@@H]1C. The lowest BCUT2D eigenvalue weighted by Gasteiger charge is -2.43. The number of imidazole rings is 1. The van der Waals surface area contributed by atoms with Crippen molar-refractivity contribution in [3.63, 3.8) is 0 Å². The van der Waals surface area contributed by atoms with E-state index in [4.69, 9.17) is 15.2 Å². The highest BCUT2D eigenvalue weighted by atomic mass is 19.1. The number of halogens is 2. The van der Waals surface area contributed by atoms with Crippen molar-refractivity contribution in [1.29, 1.82) is 0 Å². The number of benzene rings is 1. The number of aromatic nitrogens is 4. The van der Waals surface area contributed by atoms with E-state index in [1.165, 1.54) is 23.8 Å². The molecule has 1 fully saturated rings. The van der Waals surface area contributed by atoms with E-state index in [0.717, 1.165) is 17.7 Å². The van der Waals surface area contributed by atoms with Crippen molar-refractivity contribution in [2.75, 3.05) is 19.5 Å². The number of pyridine rings is 1. The van der Waals surface area contributed by atoms with Gasteiger partial charge in [-0.3, -0.25) is 4.98 Å². The lowest BCUT2D eigenvalue weighted by Crippen LogP contribution is -2.55. The minimum Gasteiger partial charge on any atom is -0.453 e. The normalized spacial score (nSPS) is 20.4. The fourth-order valence-corrected chi connectivity index (χ4v) is 6.07. The molecule has 1 aromatic carbocycles. The summed E-state index contributed by atoms with van der Waals surface area (Å²) in [5, 5.41) is 7.86. The Bertz CT molecular complexity index is 1580. The first-order chi connectivity index (χ1) is 20.6. The summed E-state index contributed by atoms with van der Waals surface area (Å²) in [6, 6.07) is 7.34. The standard InChI is InChI=1S/C31H37F2N7O3/c1-17(2)43-16-19-11-23(32)28(24(33)12-19)26-7-6-21-14-36-30(40(21)38-26)37-27-15-35-9-8-22(27)20-10-18(3)29(25(34)13-20)39(4)31(41)42-5/h6-9,11-12,14-15,17-18,20,25,29H,10,13,16,34H2,1-5H3,(H,36,37)/t18-,20+,25+,29-/m0/s1. The van der Waals surface area contributed by atoms with Crippen LogP contribution in [0.4, 0.5) is 25.2 Å². The molecule has 3 N–H and O–H groups in total. The molecule has 228 valence electrons. The molecule has 0 aliphatic heterocycles. The second-order valence-electron chi connectivity index (χ2n) is 11.4. The maximum absolute atomic E-state index is 15.1. The van der Waals surface area contributed by atoms with Crippen molar-refractivity contribution < 1.29 is 23.0 Å². The van der Waals surface area contributed by atoms with Crippen LogP contribution in [0.5, 0.6) is 0 Å². The van der Waals surface area contributed by atoms with Gasteiger partial charge in [-0.05, 0) is 80.0 Å². The molecule has 0 unspecified atom stereocenters.